The Kier molecular flexibility index (Phi) is 5.93. The first-order valence-electron chi connectivity index (χ1n) is 7.88. The Balaban J connectivity index is 1.77. The van der Waals surface area contributed by atoms with Gasteiger partial charge in [0.2, 0.25) is 18.1 Å². The van der Waals surface area contributed by atoms with Crippen molar-refractivity contribution in [2.45, 2.75) is 11.4 Å². The van der Waals surface area contributed by atoms with Crippen LogP contribution < -0.4 is 5.32 Å². The van der Waals surface area contributed by atoms with Gasteiger partial charge >= 0.3 is 11.9 Å². The van der Waals surface area contributed by atoms with Crippen LogP contribution in [-0.4, -0.2) is 77.7 Å². The summed E-state index contributed by atoms with van der Waals surface area (Å²) in [5.41, 5.74) is 1.18. The summed E-state index contributed by atoms with van der Waals surface area (Å²) in [6, 6.07) is -1.00. The molecule has 2 amide bonds. The van der Waals surface area contributed by atoms with Gasteiger partial charge in [0, 0.05) is 5.75 Å². The fourth-order valence-electron chi connectivity index (χ4n) is 2.62. The molecule has 2 atom stereocenters. The molecule has 0 spiro atoms. The maximum Gasteiger partial charge on any atom is 0.352 e. The number of fused-ring (bicyclic) bond motifs is 1. The molecule has 1 fully saturated rings. The maximum absolute atomic E-state index is 12.6. The number of carboxylic acid groups (broad SMARTS) is 2. The van der Waals surface area contributed by atoms with Gasteiger partial charge in [0.25, 0.3) is 11.8 Å². The lowest BCUT2D eigenvalue weighted by Gasteiger charge is -2.49. The Morgan fingerprint density at radius 2 is 2.21 bits per heavy atom. The van der Waals surface area contributed by atoms with Crippen molar-refractivity contribution in [3.8, 4) is 0 Å². The highest BCUT2D eigenvalue weighted by molar-refractivity contribution is 8.00. The third-order valence-corrected chi connectivity index (χ3v) is 5.65. The zero-order chi connectivity index (χ0) is 21.1. The highest BCUT2D eigenvalue weighted by Gasteiger charge is 2.54. The molecular formula is C15H13N5O7S2. The Hall–Kier alpha value is -3.26. The van der Waals surface area contributed by atoms with Crippen LogP contribution in [0.25, 0.3) is 0 Å². The zero-order valence-corrected chi connectivity index (χ0v) is 16.1. The summed E-state index contributed by atoms with van der Waals surface area (Å²) >= 11 is 2.21. The van der Waals surface area contributed by atoms with Crippen molar-refractivity contribution < 1.29 is 34.2 Å². The monoisotopic (exact) mass is 439 g/mol. The molecule has 14 heteroatoms. The molecule has 0 aliphatic carbocycles. The van der Waals surface area contributed by atoms with E-state index in [2.05, 4.69) is 31.2 Å². The minimum Gasteiger partial charge on any atom is -0.479 e. The van der Waals surface area contributed by atoms with E-state index in [0.29, 0.717) is 11.3 Å². The van der Waals surface area contributed by atoms with Crippen LogP contribution in [0, 0.1) is 0 Å². The average molecular weight is 439 g/mol. The number of oxime groups is 1. The molecular weight excluding hydrogens is 426 g/mol. The highest BCUT2D eigenvalue weighted by atomic mass is 32.2. The van der Waals surface area contributed by atoms with E-state index in [4.69, 9.17) is 5.11 Å². The molecule has 2 aliphatic heterocycles. The van der Waals surface area contributed by atoms with E-state index in [1.807, 2.05) is 0 Å². The quantitative estimate of drug-likeness (QED) is 0.266. The van der Waals surface area contributed by atoms with Crippen molar-refractivity contribution >= 4 is 52.8 Å². The molecule has 1 unspecified atom stereocenters. The Morgan fingerprint density at radius 1 is 1.45 bits per heavy atom. The molecule has 3 N–H and O–H groups in total. The normalized spacial score (nSPS) is 21.2. The molecule has 2 aliphatic rings. The average Bonchev–Trinajstić information content (AvgIpc) is 3.21. The molecule has 3 rings (SSSR count). The van der Waals surface area contributed by atoms with Crippen LogP contribution in [0.3, 0.4) is 0 Å². The van der Waals surface area contributed by atoms with Gasteiger partial charge < -0.3 is 20.4 Å². The third kappa shape index (κ3) is 3.97. The first-order valence-corrected chi connectivity index (χ1v) is 9.76. The summed E-state index contributed by atoms with van der Waals surface area (Å²) < 4.78 is 3.86. The molecule has 0 radical (unpaired) electrons. The molecule has 0 aromatic carbocycles. The van der Waals surface area contributed by atoms with Crippen molar-refractivity contribution in [3.63, 3.8) is 0 Å². The van der Waals surface area contributed by atoms with Crippen molar-refractivity contribution in [1.82, 2.24) is 19.6 Å². The van der Waals surface area contributed by atoms with E-state index in [1.54, 1.807) is 0 Å². The molecule has 29 heavy (non-hydrogen) atoms. The molecule has 1 aromatic heterocycles. The van der Waals surface area contributed by atoms with E-state index in [0.717, 1.165) is 16.4 Å². The summed E-state index contributed by atoms with van der Waals surface area (Å²) in [6.45, 7) is 2.77. The number of carbonyl (C=O) groups is 4. The minimum atomic E-state index is -1.30. The lowest BCUT2D eigenvalue weighted by Crippen LogP contribution is -2.71. The van der Waals surface area contributed by atoms with Crippen molar-refractivity contribution in [2.75, 3.05) is 12.4 Å². The number of amides is 2. The van der Waals surface area contributed by atoms with E-state index in [-0.39, 0.29) is 11.5 Å². The third-order valence-electron chi connectivity index (χ3n) is 3.87. The smallest absolute Gasteiger partial charge is 0.352 e. The lowest BCUT2D eigenvalue weighted by molar-refractivity contribution is -0.150. The van der Waals surface area contributed by atoms with Crippen LogP contribution in [0.1, 0.15) is 5.82 Å². The Morgan fingerprint density at radius 3 is 2.79 bits per heavy atom. The van der Waals surface area contributed by atoms with Crippen LogP contribution in [-0.2, 0) is 24.0 Å². The first kappa shape index (κ1) is 20.5. The molecule has 12 nitrogen and oxygen atoms in total. The second kappa shape index (κ2) is 8.40. The topological polar surface area (TPSA) is 171 Å². The molecule has 1 aromatic rings. The Labute approximate surface area is 171 Å². The predicted octanol–water partition coefficient (Wildman–Crippen LogP) is -0.732. The van der Waals surface area contributed by atoms with Crippen LogP contribution in [0.5, 0.6) is 0 Å². The summed E-state index contributed by atoms with van der Waals surface area (Å²) in [6.07, 6.45) is 1.38. The van der Waals surface area contributed by atoms with Gasteiger partial charge in [-0.1, -0.05) is 17.8 Å². The zero-order valence-electron chi connectivity index (χ0n) is 14.5. The molecule has 152 valence electrons. The van der Waals surface area contributed by atoms with Crippen LogP contribution >= 0.6 is 23.3 Å². The fraction of sp³-hybridized carbons (Fsp3) is 0.267. The number of thioether (sulfide) groups is 1. The second-order valence-electron chi connectivity index (χ2n) is 5.61. The van der Waals surface area contributed by atoms with E-state index in [9.17, 15) is 24.3 Å². The number of rotatable bonds is 8. The van der Waals surface area contributed by atoms with Gasteiger partial charge in [0.05, 0.1) is 0 Å². The molecule has 0 bridgehead atoms. The van der Waals surface area contributed by atoms with Crippen LogP contribution in [0.15, 0.2) is 34.6 Å². The number of hydrogen-bond acceptors (Lipinski definition) is 10. The van der Waals surface area contributed by atoms with E-state index in [1.165, 1.54) is 23.3 Å². The lowest BCUT2D eigenvalue weighted by atomic mass is 10.0. The van der Waals surface area contributed by atoms with Crippen molar-refractivity contribution in [2.24, 2.45) is 5.16 Å². The number of β-lactam (4-membered cyclic amide) rings is 1. The number of aromatic nitrogens is 2. The van der Waals surface area contributed by atoms with Gasteiger partial charge in [-0.2, -0.15) is 4.37 Å². The van der Waals surface area contributed by atoms with Gasteiger partial charge in [-0.15, -0.1) is 11.8 Å². The van der Waals surface area contributed by atoms with Crippen LogP contribution in [0.4, 0.5) is 0 Å². The number of allylic oxidation sites excluding steroid dienone is 1. The van der Waals surface area contributed by atoms with Crippen molar-refractivity contribution in [3.05, 3.63) is 35.3 Å². The first-order chi connectivity index (χ1) is 13.8. The minimum absolute atomic E-state index is 0.0992. The highest BCUT2D eigenvalue weighted by Crippen LogP contribution is 2.40. The van der Waals surface area contributed by atoms with Gasteiger partial charge in [-0.05, 0) is 17.1 Å². The Bertz CT molecular complexity index is 943. The fourth-order valence-corrected chi connectivity index (χ4v) is 4.39. The number of aliphatic carboxylic acids is 2. The molecule has 0 saturated carbocycles. The van der Waals surface area contributed by atoms with Gasteiger partial charge in [-0.25, -0.2) is 14.6 Å². The predicted molar refractivity (Wildman–Crippen MR) is 99.9 cm³/mol. The summed E-state index contributed by atoms with van der Waals surface area (Å²) in [5.74, 6) is -3.82. The summed E-state index contributed by atoms with van der Waals surface area (Å²) in [5, 5.41) is 23.3. The largest absolute Gasteiger partial charge is 0.479 e. The molecule has 3 heterocycles. The van der Waals surface area contributed by atoms with Crippen molar-refractivity contribution in [1.29, 1.82) is 0 Å². The van der Waals surface area contributed by atoms with Gasteiger partial charge in [-0.3, -0.25) is 14.5 Å². The summed E-state index contributed by atoms with van der Waals surface area (Å²) in [7, 11) is 0. The number of nitrogens with one attached hydrogen (secondary N) is 1. The van der Waals surface area contributed by atoms with E-state index >= 15 is 0 Å². The van der Waals surface area contributed by atoms with Gasteiger partial charge in [0.1, 0.15) is 22.6 Å². The maximum atomic E-state index is 12.6. The number of nitrogens with zero attached hydrogens (tertiary/aromatic N) is 4. The van der Waals surface area contributed by atoms with Gasteiger partial charge in [0.15, 0.2) is 0 Å². The number of carbonyl (C=O) groups excluding carboxylic acids is 2. The second-order valence-corrected chi connectivity index (χ2v) is 7.32. The summed E-state index contributed by atoms with van der Waals surface area (Å²) in [4.78, 5) is 56.7. The number of carboxylic acids is 2. The van der Waals surface area contributed by atoms with E-state index < -0.39 is 47.5 Å². The SMILES string of the molecule is C=CC1=C(C(=O)O)N2C(=O)C(NC(=O)C(=NOCC(=O)O)c3ncsn3)[C@@H]2SC1. The van der Waals surface area contributed by atoms with Crippen LogP contribution in [0.2, 0.25) is 0 Å². The number of hydrogen-bond donors (Lipinski definition) is 3. The molecule has 1 saturated heterocycles. The standard InChI is InChI=1S/C15H13N5O7S2/c1-2-6-4-28-14-9(13(24)20(14)10(6)15(25)26)17-12(23)8(11-16-5-29-19-11)18-27-3-7(21)22/h2,5,9,14H,1,3-4H2,(H,17,23)(H,21,22)(H,25,26)/t9?,14-/m0/s1.